The first-order valence-corrected chi connectivity index (χ1v) is 5.31. The number of fused-ring (bicyclic) bond motifs is 2. The summed E-state index contributed by atoms with van der Waals surface area (Å²) in [5.74, 6) is 1.02. The van der Waals surface area contributed by atoms with Crippen LogP contribution in [0.25, 0.3) is 11.0 Å². The number of benzene rings is 1. The molecular formula is C12H14N2. The number of imidazole rings is 1. The highest BCUT2D eigenvalue weighted by atomic mass is 14.9. The zero-order chi connectivity index (χ0) is 9.54. The van der Waals surface area contributed by atoms with E-state index in [2.05, 4.69) is 22.1 Å². The standard InChI is InChI=1S/C12H14N2/c1-8-13-11-6-9-4-2-3-5-10(9)7-12(11)14-8/h6-7H,2-5H2,1H3,(H,13,14). The van der Waals surface area contributed by atoms with Crippen LogP contribution in [0.3, 0.4) is 0 Å². The summed E-state index contributed by atoms with van der Waals surface area (Å²) in [4.78, 5) is 7.76. The van der Waals surface area contributed by atoms with Gasteiger partial charge in [0.1, 0.15) is 5.82 Å². The van der Waals surface area contributed by atoms with E-state index in [4.69, 9.17) is 0 Å². The van der Waals surface area contributed by atoms with Crippen molar-refractivity contribution in [2.45, 2.75) is 32.6 Å². The minimum Gasteiger partial charge on any atom is -0.342 e. The number of hydrogen-bond acceptors (Lipinski definition) is 1. The Labute approximate surface area is 83.4 Å². The van der Waals surface area contributed by atoms with Crippen molar-refractivity contribution in [1.82, 2.24) is 9.97 Å². The van der Waals surface area contributed by atoms with Crippen molar-refractivity contribution >= 4 is 11.0 Å². The lowest BCUT2D eigenvalue weighted by molar-refractivity contribution is 0.687. The fourth-order valence-electron chi connectivity index (χ4n) is 2.37. The molecule has 0 saturated heterocycles. The maximum absolute atomic E-state index is 4.47. The third kappa shape index (κ3) is 1.14. The molecule has 14 heavy (non-hydrogen) atoms. The molecule has 0 saturated carbocycles. The highest BCUT2D eigenvalue weighted by molar-refractivity contribution is 5.77. The summed E-state index contributed by atoms with van der Waals surface area (Å²) in [6, 6.07) is 4.54. The Hall–Kier alpha value is -1.31. The van der Waals surface area contributed by atoms with Crippen molar-refractivity contribution in [3.63, 3.8) is 0 Å². The molecule has 0 spiro atoms. The zero-order valence-electron chi connectivity index (χ0n) is 8.43. The van der Waals surface area contributed by atoms with Crippen molar-refractivity contribution in [2.75, 3.05) is 0 Å². The molecule has 3 rings (SSSR count). The molecule has 2 heteroatoms. The average Bonchev–Trinajstić information content (AvgIpc) is 2.53. The Morgan fingerprint density at radius 2 is 1.86 bits per heavy atom. The van der Waals surface area contributed by atoms with Crippen LogP contribution in [0.2, 0.25) is 0 Å². The molecule has 1 N–H and O–H groups in total. The SMILES string of the molecule is Cc1nc2cc3c(cc2[nH]1)CCCC3. The van der Waals surface area contributed by atoms with Crippen LogP contribution in [0, 0.1) is 6.92 Å². The van der Waals surface area contributed by atoms with Crippen LogP contribution in [0.1, 0.15) is 29.8 Å². The van der Waals surface area contributed by atoms with Crippen LogP contribution >= 0.6 is 0 Å². The van der Waals surface area contributed by atoms with Gasteiger partial charge in [0, 0.05) is 0 Å². The van der Waals surface area contributed by atoms with E-state index in [9.17, 15) is 0 Å². The maximum atomic E-state index is 4.47. The molecule has 2 nitrogen and oxygen atoms in total. The van der Waals surface area contributed by atoms with Gasteiger partial charge < -0.3 is 4.98 Å². The minimum atomic E-state index is 1.02. The topological polar surface area (TPSA) is 28.7 Å². The van der Waals surface area contributed by atoms with Gasteiger partial charge in [-0.1, -0.05) is 0 Å². The fraction of sp³-hybridized carbons (Fsp3) is 0.417. The Balaban J connectivity index is 2.26. The summed E-state index contributed by atoms with van der Waals surface area (Å²) in [7, 11) is 0. The third-order valence-corrected chi connectivity index (χ3v) is 3.06. The molecule has 1 aliphatic rings. The second-order valence-corrected chi connectivity index (χ2v) is 4.17. The summed E-state index contributed by atoms with van der Waals surface area (Å²) in [5, 5.41) is 0. The minimum absolute atomic E-state index is 1.02. The lowest BCUT2D eigenvalue weighted by Crippen LogP contribution is -2.01. The molecule has 0 amide bonds. The van der Waals surface area contributed by atoms with Gasteiger partial charge in [0.2, 0.25) is 0 Å². The largest absolute Gasteiger partial charge is 0.342 e. The quantitative estimate of drug-likeness (QED) is 0.673. The number of aromatic nitrogens is 2. The van der Waals surface area contributed by atoms with E-state index in [0.717, 1.165) is 11.3 Å². The van der Waals surface area contributed by atoms with Crippen LogP contribution in [0.5, 0.6) is 0 Å². The molecule has 0 atom stereocenters. The van der Waals surface area contributed by atoms with Gasteiger partial charge in [-0.25, -0.2) is 4.98 Å². The third-order valence-electron chi connectivity index (χ3n) is 3.06. The summed E-state index contributed by atoms with van der Waals surface area (Å²) in [6.07, 6.45) is 5.15. The Morgan fingerprint density at radius 1 is 1.14 bits per heavy atom. The Kier molecular flexibility index (Phi) is 1.63. The van der Waals surface area contributed by atoms with E-state index in [0.29, 0.717) is 0 Å². The van der Waals surface area contributed by atoms with Gasteiger partial charge in [0.15, 0.2) is 0 Å². The summed E-state index contributed by atoms with van der Waals surface area (Å²) < 4.78 is 0. The molecule has 1 aromatic carbocycles. The number of aromatic amines is 1. The molecule has 1 aliphatic carbocycles. The molecular weight excluding hydrogens is 172 g/mol. The second kappa shape index (κ2) is 2.84. The molecule has 1 aromatic heterocycles. The molecule has 0 aliphatic heterocycles. The van der Waals surface area contributed by atoms with E-state index in [1.165, 1.54) is 42.3 Å². The van der Waals surface area contributed by atoms with Crippen LogP contribution < -0.4 is 0 Å². The number of nitrogens with zero attached hydrogens (tertiary/aromatic N) is 1. The number of aryl methyl sites for hydroxylation is 3. The lowest BCUT2D eigenvalue weighted by Gasteiger charge is -2.14. The second-order valence-electron chi connectivity index (χ2n) is 4.17. The molecule has 0 unspecified atom stereocenters. The van der Waals surface area contributed by atoms with Gasteiger partial charge in [0.25, 0.3) is 0 Å². The molecule has 0 radical (unpaired) electrons. The predicted octanol–water partition coefficient (Wildman–Crippen LogP) is 2.75. The van der Waals surface area contributed by atoms with Gasteiger partial charge in [-0.05, 0) is 55.9 Å². The fourth-order valence-corrected chi connectivity index (χ4v) is 2.37. The molecule has 0 bridgehead atoms. The van der Waals surface area contributed by atoms with Crippen molar-refractivity contribution in [1.29, 1.82) is 0 Å². The summed E-state index contributed by atoms with van der Waals surface area (Å²) in [6.45, 7) is 2.01. The first kappa shape index (κ1) is 8.04. The van der Waals surface area contributed by atoms with E-state index in [-0.39, 0.29) is 0 Å². The average molecular weight is 186 g/mol. The van der Waals surface area contributed by atoms with E-state index in [1.807, 2.05) is 6.92 Å². The van der Waals surface area contributed by atoms with E-state index in [1.54, 1.807) is 0 Å². The molecule has 2 aromatic rings. The normalized spacial score (nSPS) is 15.8. The van der Waals surface area contributed by atoms with Crippen molar-refractivity contribution in [3.8, 4) is 0 Å². The van der Waals surface area contributed by atoms with E-state index < -0.39 is 0 Å². The summed E-state index contributed by atoms with van der Waals surface area (Å²) >= 11 is 0. The van der Waals surface area contributed by atoms with E-state index >= 15 is 0 Å². The smallest absolute Gasteiger partial charge is 0.104 e. The highest BCUT2D eigenvalue weighted by Crippen LogP contribution is 2.25. The lowest BCUT2D eigenvalue weighted by atomic mass is 9.91. The first-order chi connectivity index (χ1) is 6.83. The van der Waals surface area contributed by atoms with Gasteiger partial charge >= 0.3 is 0 Å². The van der Waals surface area contributed by atoms with Crippen molar-refractivity contribution in [2.24, 2.45) is 0 Å². The number of hydrogen-bond donors (Lipinski definition) is 1. The van der Waals surface area contributed by atoms with Gasteiger partial charge in [-0.15, -0.1) is 0 Å². The van der Waals surface area contributed by atoms with Crippen LogP contribution in [-0.2, 0) is 12.8 Å². The van der Waals surface area contributed by atoms with Gasteiger partial charge in [-0.3, -0.25) is 0 Å². The number of nitrogens with one attached hydrogen (secondary N) is 1. The van der Waals surface area contributed by atoms with Crippen LogP contribution in [-0.4, -0.2) is 9.97 Å². The highest BCUT2D eigenvalue weighted by Gasteiger charge is 2.11. The summed E-state index contributed by atoms with van der Waals surface area (Å²) in [5.41, 5.74) is 5.36. The Bertz CT molecular complexity index is 439. The van der Waals surface area contributed by atoms with Crippen LogP contribution in [0.15, 0.2) is 12.1 Å². The zero-order valence-corrected chi connectivity index (χ0v) is 8.43. The van der Waals surface area contributed by atoms with Gasteiger partial charge in [-0.2, -0.15) is 0 Å². The molecule has 1 heterocycles. The number of rotatable bonds is 0. The molecule has 72 valence electrons. The van der Waals surface area contributed by atoms with Crippen molar-refractivity contribution < 1.29 is 0 Å². The maximum Gasteiger partial charge on any atom is 0.104 e. The van der Waals surface area contributed by atoms with Crippen LogP contribution in [0.4, 0.5) is 0 Å². The molecule has 0 fully saturated rings. The van der Waals surface area contributed by atoms with Crippen molar-refractivity contribution in [3.05, 3.63) is 29.1 Å². The predicted molar refractivity (Wildman–Crippen MR) is 57.5 cm³/mol. The number of H-pyrrole nitrogens is 1. The van der Waals surface area contributed by atoms with Gasteiger partial charge in [0.05, 0.1) is 11.0 Å². The monoisotopic (exact) mass is 186 g/mol. The Morgan fingerprint density at radius 3 is 2.64 bits per heavy atom. The first-order valence-electron chi connectivity index (χ1n) is 5.31.